The molecule has 0 heterocycles. The van der Waals surface area contributed by atoms with Crippen LogP contribution in [0.5, 0.6) is 0 Å². The first-order valence-corrected chi connectivity index (χ1v) is 8.46. The van der Waals surface area contributed by atoms with Crippen molar-refractivity contribution in [1.29, 1.82) is 0 Å². The third kappa shape index (κ3) is 2.79. The minimum atomic E-state index is 0.485. The van der Waals surface area contributed by atoms with Gasteiger partial charge in [-0.2, -0.15) is 0 Å². The molecule has 1 saturated carbocycles. The van der Waals surface area contributed by atoms with Gasteiger partial charge in [-0.15, -0.1) is 0 Å². The van der Waals surface area contributed by atoms with Gasteiger partial charge in [0, 0.05) is 12.6 Å². The topological polar surface area (TPSA) is 12.0 Å². The van der Waals surface area contributed by atoms with Crippen molar-refractivity contribution < 1.29 is 0 Å². The van der Waals surface area contributed by atoms with Crippen LogP contribution in [0.2, 0.25) is 0 Å². The number of hydrogen-bond acceptors (Lipinski definition) is 1. The van der Waals surface area contributed by atoms with Gasteiger partial charge in [-0.3, -0.25) is 0 Å². The van der Waals surface area contributed by atoms with Gasteiger partial charge in [0.05, 0.1) is 0 Å². The summed E-state index contributed by atoms with van der Waals surface area (Å²) in [5, 5.41) is 3.79. The monoisotopic (exact) mass is 271 g/mol. The number of hydrogen-bond donors (Lipinski definition) is 1. The fourth-order valence-corrected chi connectivity index (χ4v) is 3.62. The van der Waals surface area contributed by atoms with Gasteiger partial charge in [0.25, 0.3) is 0 Å². The zero-order valence-corrected chi connectivity index (χ0v) is 13.3. The fourth-order valence-electron chi connectivity index (χ4n) is 3.62. The highest BCUT2D eigenvalue weighted by Gasteiger charge is 2.44. The van der Waals surface area contributed by atoms with Crippen LogP contribution in [0.3, 0.4) is 0 Å². The van der Waals surface area contributed by atoms with Crippen LogP contribution >= 0.6 is 0 Å². The zero-order chi connectivity index (χ0) is 14.2. The van der Waals surface area contributed by atoms with E-state index >= 15 is 0 Å². The minimum Gasteiger partial charge on any atom is -0.310 e. The second-order valence-electron chi connectivity index (χ2n) is 7.35. The molecule has 2 aliphatic carbocycles. The Kier molecular flexibility index (Phi) is 3.90. The quantitative estimate of drug-likeness (QED) is 0.822. The summed E-state index contributed by atoms with van der Waals surface area (Å²) >= 11 is 0. The van der Waals surface area contributed by atoms with Crippen LogP contribution in [0.15, 0.2) is 18.2 Å². The number of benzene rings is 1. The van der Waals surface area contributed by atoms with Crippen molar-refractivity contribution in [2.45, 2.75) is 65.3 Å². The second kappa shape index (κ2) is 5.52. The van der Waals surface area contributed by atoms with E-state index < -0.39 is 0 Å². The van der Waals surface area contributed by atoms with Crippen LogP contribution in [0.1, 0.15) is 69.2 Å². The lowest BCUT2D eigenvalue weighted by Crippen LogP contribution is -2.29. The van der Waals surface area contributed by atoms with Crippen LogP contribution < -0.4 is 5.32 Å². The van der Waals surface area contributed by atoms with Crippen molar-refractivity contribution in [1.82, 2.24) is 5.32 Å². The highest BCUT2D eigenvalue weighted by Crippen LogP contribution is 2.51. The van der Waals surface area contributed by atoms with Crippen molar-refractivity contribution in [3.63, 3.8) is 0 Å². The van der Waals surface area contributed by atoms with Gasteiger partial charge in [0.15, 0.2) is 0 Å². The Hall–Kier alpha value is -0.820. The molecule has 1 heteroatoms. The molecule has 2 aliphatic rings. The van der Waals surface area contributed by atoms with Gasteiger partial charge in [-0.05, 0) is 73.5 Å². The molecule has 0 saturated heterocycles. The molecule has 1 atom stereocenters. The normalized spacial score (nSPS) is 21.6. The first-order valence-electron chi connectivity index (χ1n) is 8.46. The van der Waals surface area contributed by atoms with E-state index in [-0.39, 0.29) is 0 Å². The Bertz CT molecular complexity index is 471. The van der Waals surface area contributed by atoms with Crippen molar-refractivity contribution >= 4 is 0 Å². The molecular formula is C19H29N. The molecule has 0 spiro atoms. The summed E-state index contributed by atoms with van der Waals surface area (Å²) in [5.41, 5.74) is 5.27. The van der Waals surface area contributed by atoms with Crippen LogP contribution in [0.4, 0.5) is 0 Å². The fraction of sp³-hybridized carbons (Fsp3) is 0.684. The van der Waals surface area contributed by atoms with Gasteiger partial charge in [-0.25, -0.2) is 0 Å². The van der Waals surface area contributed by atoms with E-state index in [1.165, 1.54) is 50.6 Å². The first kappa shape index (κ1) is 14.1. The molecule has 0 amide bonds. The Morgan fingerprint density at radius 3 is 2.40 bits per heavy atom. The van der Waals surface area contributed by atoms with Gasteiger partial charge in [0.2, 0.25) is 0 Å². The Morgan fingerprint density at radius 2 is 1.75 bits per heavy atom. The number of rotatable bonds is 5. The average molecular weight is 271 g/mol. The molecule has 0 radical (unpaired) electrons. The first-order chi connectivity index (χ1) is 9.61. The molecule has 0 aromatic heterocycles. The average Bonchev–Trinajstić information content (AvgIpc) is 3.25. The third-order valence-electron chi connectivity index (χ3n) is 5.75. The molecule has 0 bridgehead atoms. The lowest BCUT2D eigenvalue weighted by atomic mass is 9.89. The SMILES string of the molecule is CC(NCC1(C(C)C)CC1)c1ccc2c(c1)CCCC2. The molecule has 0 aliphatic heterocycles. The third-order valence-corrected chi connectivity index (χ3v) is 5.75. The molecule has 1 N–H and O–H groups in total. The predicted molar refractivity (Wildman–Crippen MR) is 86.0 cm³/mol. The highest BCUT2D eigenvalue weighted by atomic mass is 14.9. The summed E-state index contributed by atoms with van der Waals surface area (Å²) in [7, 11) is 0. The predicted octanol–water partition coefficient (Wildman–Crippen LogP) is 4.65. The standard InChI is InChI=1S/C19H29N/c1-14(2)19(10-11-19)13-20-15(3)17-9-8-16-6-4-5-7-18(16)12-17/h8-9,12,14-15,20H,4-7,10-11,13H2,1-3H3. The van der Waals surface area contributed by atoms with Crippen molar-refractivity contribution in [3.8, 4) is 0 Å². The van der Waals surface area contributed by atoms with Gasteiger partial charge in [-0.1, -0.05) is 32.0 Å². The van der Waals surface area contributed by atoms with E-state index in [0.717, 1.165) is 5.92 Å². The largest absolute Gasteiger partial charge is 0.310 e. The number of nitrogens with one attached hydrogen (secondary N) is 1. The Balaban J connectivity index is 1.64. The lowest BCUT2D eigenvalue weighted by Gasteiger charge is -2.24. The van der Waals surface area contributed by atoms with Gasteiger partial charge in [0.1, 0.15) is 0 Å². The molecule has 1 nitrogen and oxygen atoms in total. The molecule has 1 unspecified atom stereocenters. The molecule has 3 rings (SSSR count). The number of aryl methyl sites for hydroxylation is 2. The van der Waals surface area contributed by atoms with Crippen molar-refractivity contribution in [2.75, 3.05) is 6.54 Å². The highest BCUT2D eigenvalue weighted by molar-refractivity contribution is 5.35. The molecule has 1 aromatic carbocycles. The van der Waals surface area contributed by atoms with E-state index in [0.29, 0.717) is 11.5 Å². The second-order valence-corrected chi connectivity index (χ2v) is 7.35. The zero-order valence-electron chi connectivity index (χ0n) is 13.3. The molecular weight excluding hydrogens is 242 g/mol. The van der Waals surface area contributed by atoms with E-state index in [9.17, 15) is 0 Å². The smallest absolute Gasteiger partial charge is 0.0292 e. The summed E-state index contributed by atoms with van der Waals surface area (Å²) in [6.45, 7) is 8.25. The molecule has 20 heavy (non-hydrogen) atoms. The van der Waals surface area contributed by atoms with Gasteiger partial charge >= 0.3 is 0 Å². The Labute approximate surface area is 124 Å². The summed E-state index contributed by atoms with van der Waals surface area (Å²) in [4.78, 5) is 0. The van der Waals surface area contributed by atoms with E-state index in [4.69, 9.17) is 0 Å². The van der Waals surface area contributed by atoms with E-state index in [2.05, 4.69) is 44.3 Å². The Morgan fingerprint density at radius 1 is 1.05 bits per heavy atom. The van der Waals surface area contributed by atoms with Crippen LogP contribution in [-0.2, 0) is 12.8 Å². The number of fused-ring (bicyclic) bond motifs is 1. The maximum Gasteiger partial charge on any atom is 0.0292 e. The lowest BCUT2D eigenvalue weighted by molar-refractivity contribution is 0.325. The van der Waals surface area contributed by atoms with Crippen molar-refractivity contribution in [3.05, 3.63) is 34.9 Å². The maximum absolute atomic E-state index is 3.79. The summed E-state index contributed by atoms with van der Waals surface area (Å²) in [6.07, 6.45) is 8.13. The summed E-state index contributed by atoms with van der Waals surface area (Å²) in [6, 6.07) is 7.66. The maximum atomic E-state index is 3.79. The molecule has 1 fully saturated rings. The van der Waals surface area contributed by atoms with E-state index in [1.807, 2.05) is 0 Å². The van der Waals surface area contributed by atoms with Gasteiger partial charge < -0.3 is 5.32 Å². The summed E-state index contributed by atoms with van der Waals surface area (Å²) in [5.74, 6) is 0.811. The molecule has 1 aromatic rings. The van der Waals surface area contributed by atoms with Crippen LogP contribution in [0.25, 0.3) is 0 Å². The van der Waals surface area contributed by atoms with Crippen molar-refractivity contribution in [2.24, 2.45) is 11.3 Å². The van der Waals surface area contributed by atoms with Crippen LogP contribution in [0, 0.1) is 11.3 Å². The van der Waals surface area contributed by atoms with E-state index in [1.54, 1.807) is 11.1 Å². The molecule has 110 valence electrons. The summed E-state index contributed by atoms with van der Waals surface area (Å²) < 4.78 is 0. The van der Waals surface area contributed by atoms with Crippen LogP contribution in [-0.4, -0.2) is 6.54 Å². The minimum absolute atomic E-state index is 0.485.